The molecule has 0 aliphatic rings. The largest absolute Gasteiger partial charge is 0.456 e. The number of hydrogen-bond acceptors (Lipinski definition) is 1. The summed E-state index contributed by atoms with van der Waals surface area (Å²) >= 11 is 0. The summed E-state index contributed by atoms with van der Waals surface area (Å²) in [5.41, 5.74) is 5.29. The van der Waals surface area contributed by atoms with E-state index in [0.717, 1.165) is 49.4 Å². The molecule has 9 aromatic rings. The fraction of sp³-hybridized carbons (Fsp3) is 0. The van der Waals surface area contributed by atoms with Crippen LogP contribution < -0.4 is 0 Å². The van der Waals surface area contributed by atoms with Crippen LogP contribution in [-0.2, 0) is 0 Å². The topological polar surface area (TPSA) is 13.1 Å². The van der Waals surface area contributed by atoms with Crippen molar-refractivity contribution in [2.24, 2.45) is 0 Å². The molecule has 0 amide bonds. The van der Waals surface area contributed by atoms with Gasteiger partial charge in [0.05, 0.1) is 12.3 Å². The standard InChI is InChI=1S/C44H28O/c1-3-15-29(16-4-1)31-27-39(44-38-25-13-14-26-40(38)45-41(44)28-31)43-36-23-11-9-21-34(36)42(35-22-10-12-24-37(35)43)33-20-8-7-19-32(33)30-17-5-2-6-18-30/h1-28H/i2D,5D,6D,7D,8D,17D,18D,19D,20D. The molecule has 0 saturated heterocycles. The minimum absolute atomic E-state index is 0.0513. The second kappa shape index (κ2) is 10.4. The molecule has 210 valence electrons. The number of benzene rings is 8. The summed E-state index contributed by atoms with van der Waals surface area (Å²) in [6.07, 6.45) is 0. The second-order valence-corrected chi connectivity index (χ2v) is 11.0. The Bertz CT molecular complexity index is 2960. The smallest absolute Gasteiger partial charge is 0.136 e. The van der Waals surface area contributed by atoms with Crippen molar-refractivity contribution in [2.75, 3.05) is 0 Å². The van der Waals surface area contributed by atoms with Gasteiger partial charge in [-0.2, -0.15) is 0 Å². The third-order valence-corrected chi connectivity index (χ3v) is 8.47. The summed E-state index contributed by atoms with van der Waals surface area (Å²) < 4.78 is 85.4. The highest BCUT2D eigenvalue weighted by atomic mass is 16.3. The molecular weight excluding hydrogens is 544 g/mol. The molecule has 1 heterocycles. The third kappa shape index (κ3) is 4.09. The molecule has 0 aliphatic carbocycles. The van der Waals surface area contributed by atoms with E-state index in [4.69, 9.17) is 15.4 Å². The molecule has 9 rings (SSSR count). The van der Waals surface area contributed by atoms with Gasteiger partial charge in [0.15, 0.2) is 0 Å². The van der Waals surface area contributed by atoms with Crippen LogP contribution in [0.5, 0.6) is 0 Å². The number of fused-ring (bicyclic) bond motifs is 5. The van der Waals surface area contributed by atoms with E-state index in [0.29, 0.717) is 21.9 Å². The van der Waals surface area contributed by atoms with Gasteiger partial charge in [-0.05, 0) is 84.3 Å². The number of rotatable bonds is 4. The average Bonchev–Trinajstić information content (AvgIpc) is 3.59. The lowest BCUT2D eigenvalue weighted by atomic mass is 9.82. The summed E-state index contributed by atoms with van der Waals surface area (Å²) in [6.45, 7) is 0. The number of furan rings is 1. The van der Waals surface area contributed by atoms with E-state index in [9.17, 15) is 1.37 Å². The average molecular weight is 582 g/mol. The molecule has 0 saturated carbocycles. The van der Waals surface area contributed by atoms with Gasteiger partial charge in [-0.1, -0.05) is 151 Å². The zero-order valence-corrected chi connectivity index (χ0v) is 23.9. The van der Waals surface area contributed by atoms with Crippen molar-refractivity contribution in [2.45, 2.75) is 0 Å². The molecule has 45 heavy (non-hydrogen) atoms. The van der Waals surface area contributed by atoms with Gasteiger partial charge in [-0.25, -0.2) is 0 Å². The van der Waals surface area contributed by atoms with Crippen LogP contribution in [0.3, 0.4) is 0 Å². The highest BCUT2D eigenvalue weighted by Crippen LogP contribution is 2.49. The Kier molecular flexibility index (Phi) is 4.15. The Hall–Kier alpha value is -5.92. The number of para-hydroxylation sites is 1. The van der Waals surface area contributed by atoms with Gasteiger partial charge in [-0.15, -0.1) is 0 Å². The van der Waals surface area contributed by atoms with Crippen LogP contribution in [0.25, 0.3) is 88.0 Å². The van der Waals surface area contributed by atoms with Gasteiger partial charge >= 0.3 is 0 Å². The van der Waals surface area contributed by atoms with Crippen LogP contribution in [0, 0.1) is 0 Å². The first kappa shape index (κ1) is 18.0. The van der Waals surface area contributed by atoms with Crippen molar-refractivity contribution in [3.05, 3.63) is 170 Å². The highest BCUT2D eigenvalue weighted by Gasteiger charge is 2.22. The van der Waals surface area contributed by atoms with Gasteiger partial charge in [-0.3, -0.25) is 0 Å². The Morgan fingerprint density at radius 3 is 1.58 bits per heavy atom. The monoisotopic (exact) mass is 581 g/mol. The first-order valence-corrected chi connectivity index (χ1v) is 14.7. The Balaban J connectivity index is 1.49. The molecule has 8 aromatic carbocycles. The minimum atomic E-state index is -0.593. The van der Waals surface area contributed by atoms with Crippen LogP contribution in [0.1, 0.15) is 12.3 Å². The SMILES string of the molecule is [2H]c1c([2H])c([2H])c(-c2c([2H])c([2H])c([2H])c([2H])c2-c2c3ccccc3c(-c3cc(-c4ccccc4)cc4oc5ccccc5c34)c3ccccc23)c([2H])c1[2H]. The van der Waals surface area contributed by atoms with Crippen LogP contribution in [0.4, 0.5) is 0 Å². The van der Waals surface area contributed by atoms with Crippen molar-refractivity contribution in [3.63, 3.8) is 0 Å². The van der Waals surface area contributed by atoms with Crippen LogP contribution in [0.15, 0.2) is 174 Å². The Morgan fingerprint density at radius 1 is 0.378 bits per heavy atom. The lowest BCUT2D eigenvalue weighted by Crippen LogP contribution is -1.93. The van der Waals surface area contributed by atoms with Gasteiger partial charge in [0.1, 0.15) is 11.2 Å². The van der Waals surface area contributed by atoms with Gasteiger partial charge < -0.3 is 4.42 Å². The maximum Gasteiger partial charge on any atom is 0.136 e. The fourth-order valence-corrected chi connectivity index (χ4v) is 6.60. The quantitative estimate of drug-likeness (QED) is 0.188. The summed E-state index contributed by atoms with van der Waals surface area (Å²) in [5.74, 6) is 0. The van der Waals surface area contributed by atoms with Gasteiger partial charge in [0.25, 0.3) is 0 Å². The van der Waals surface area contributed by atoms with Gasteiger partial charge in [0.2, 0.25) is 0 Å². The second-order valence-electron chi connectivity index (χ2n) is 11.0. The molecule has 0 N–H and O–H groups in total. The molecule has 0 spiro atoms. The van der Waals surface area contributed by atoms with Crippen molar-refractivity contribution < 1.29 is 16.8 Å². The summed E-state index contributed by atoms with van der Waals surface area (Å²) in [6, 6.07) is 32.7. The van der Waals surface area contributed by atoms with Crippen LogP contribution >= 0.6 is 0 Å². The van der Waals surface area contributed by atoms with Crippen LogP contribution in [0.2, 0.25) is 0 Å². The molecule has 1 nitrogen and oxygen atoms in total. The Morgan fingerprint density at radius 2 is 0.911 bits per heavy atom. The molecule has 0 fully saturated rings. The number of hydrogen-bond donors (Lipinski definition) is 0. The van der Waals surface area contributed by atoms with E-state index in [-0.39, 0.29) is 22.7 Å². The van der Waals surface area contributed by atoms with E-state index in [1.807, 2.05) is 91.0 Å². The molecule has 0 radical (unpaired) electrons. The van der Waals surface area contributed by atoms with Crippen LogP contribution in [-0.4, -0.2) is 0 Å². The van der Waals surface area contributed by atoms with Crippen molar-refractivity contribution in [1.29, 1.82) is 0 Å². The zero-order chi connectivity index (χ0) is 37.6. The maximum absolute atomic E-state index is 9.36. The Labute approximate surface area is 274 Å². The zero-order valence-electron chi connectivity index (χ0n) is 32.9. The minimum Gasteiger partial charge on any atom is -0.456 e. The van der Waals surface area contributed by atoms with E-state index in [2.05, 4.69) is 24.3 Å². The molecule has 1 heteroatoms. The van der Waals surface area contributed by atoms with Crippen molar-refractivity contribution in [1.82, 2.24) is 0 Å². The van der Waals surface area contributed by atoms with E-state index >= 15 is 0 Å². The third-order valence-electron chi connectivity index (χ3n) is 8.47. The molecule has 0 bridgehead atoms. The molecule has 0 aliphatic heterocycles. The van der Waals surface area contributed by atoms with E-state index in [1.54, 1.807) is 0 Å². The fourth-order valence-electron chi connectivity index (χ4n) is 6.60. The molecule has 0 atom stereocenters. The van der Waals surface area contributed by atoms with Crippen molar-refractivity contribution >= 4 is 43.5 Å². The lowest BCUT2D eigenvalue weighted by molar-refractivity contribution is 0.669. The van der Waals surface area contributed by atoms with Crippen molar-refractivity contribution in [3.8, 4) is 44.5 Å². The van der Waals surface area contributed by atoms with Gasteiger partial charge in [0, 0.05) is 10.8 Å². The van der Waals surface area contributed by atoms with E-state index < -0.39 is 48.3 Å². The predicted molar refractivity (Wildman–Crippen MR) is 190 cm³/mol. The first-order chi connectivity index (χ1) is 26.1. The summed E-state index contributed by atoms with van der Waals surface area (Å²) in [4.78, 5) is 0. The predicted octanol–water partition coefficient (Wildman–Crippen LogP) is 12.6. The molecule has 0 unspecified atom stereocenters. The lowest BCUT2D eigenvalue weighted by Gasteiger charge is -2.20. The maximum atomic E-state index is 9.36. The highest BCUT2D eigenvalue weighted by molar-refractivity contribution is 6.26. The summed E-state index contributed by atoms with van der Waals surface area (Å²) in [7, 11) is 0. The molecule has 1 aromatic heterocycles. The van der Waals surface area contributed by atoms with E-state index in [1.165, 1.54) is 0 Å². The first-order valence-electron chi connectivity index (χ1n) is 19.2. The molecular formula is C44H28O. The normalized spacial score (nSPS) is 14.4. The summed E-state index contributed by atoms with van der Waals surface area (Å²) in [5, 5.41) is 4.78.